The third-order valence-electron chi connectivity index (χ3n) is 4.25. The standard InChI is InChI=1S/C21H15BrOS/c22-19-17-13-7-8-14-18(17)24-20(19)21(23,15-9-3-1-4-10-15)16-11-5-2-6-12-16/h1-14,23H. The van der Waals surface area contributed by atoms with E-state index in [0.717, 1.165) is 30.6 Å². The maximum atomic E-state index is 11.9. The minimum atomic E-state index is -1.19. The molecule has 24 heavy (non-hydrogen) atoms. The van der Waals surface area contributed by atoms with Crippen molar-refractivity contribution in [2.24, 2.45) is 0 Å². The van der Waals surface area contributed by atoms with E-state index in [1.165, 1.54) is 0 Å². The number of fused-ring (bicyclic) bond motifs is 1. The van der Waals surface area contributed by atoms with E-state index in [1.807, 2.05) is 72.8 Å². The van der Waals surface area contributed by atoms with Crippen LogP contribution in [0, 0.1) is 0 Å². The van der Waals surface area contributed by atoms with Crippen LogP contribution in [0.4, 0.5) is 0 Å². The summed E-state index contributed by atoms with van der Waals surface area (Å²) in [7, 11) is 0. The Morgan fingerprint density at radius 1 is 0.708 bits per heavy atom. The largest absolute Gasteiger partial charge is 0.375 e. The van der Waals surface area contributed by atoms with E-state index in [4.69, 9.17) is 0 Å². The van der Waals surface area contributed by atoms with Crippen LogP contribution in [0.2, 0.25) is 0 Å². The Morgan fingerprint density at radius 2 is 1.21 bits per heavy atom. The first-order valence-corrected chi connectivity index (χ1v) is 9.33. The number of benzene rings is 3. The van der Waals surface area contributed by atoms with Crippen molar-refractivity contribution in [3.63, 3.8) is 0 Å². The Labute approximate surface area is 153 Å². The number of hydrogen-bond donors (Lipinski definition) is 1. The number of hydrogen-bond acceptors (Lipinski definition) is 2. The van der Waals surface area contributed by atoms with Gasteiger partial charge in [-0.05, 0) is 33.1 Å². The summed E-state index contributed by atoms with van der Waals surface area (Å²) in [4.78, 5) is 0.904. The molecule has 0 radical (unpaired) electrons. The molecule has 4 rings (SSSR count). The van der Waals surface area contributed by atoms with Gasteiger partial charge in [-0.2, -0.15) is 0 Å². The van der Waals surface area contributed by atoms with Gasteiger partial charge < -0.3 is 5.11 Å². The van der Waals surface area contributed by atoms with Gasteiger partial charge in [0.2, 0.25) is 0 Å². The van der Waals surface area contributed by atoms with E-state index in [0.29, 0.717) is 0 Å². The lowest BCUT2D eigenvalue weighted by molar-refractivity contribution is 0.129. The summed E-state index contributed by atoms with van der Waals surface area (Å²) in [5, 5.41) is 13.0. The average molecular weight is 395 g/mol. The summed E-state index contributed by atoms with van der Waals surface area (Å²) in [6, 6.07) is 27.9. The maximum Gasteiger partial charge on any atom is 0.150 e. The molecule has 0 amide bonds. The van der Waals surface area contributed by atoms with Gasteiger partial charge in [0.05, 0.1) is 4.88 Å². The van der Waals surface area contributed by atoms with Crippen LogP contribution in [0.5, 0.6) is 0 Å². The molecule has 4 aromatic rings. The molecule has 0 aliphatic rings. The van der Waals surface area contributed by atoms with Gasteiger partial charge in [0.25, 0.3) is 0 Å². The summed E-state index contributed by atoms with van der Waals surface area (Å²) >= 11 is 5.36. The Balaban J connectivity index is 2.05. The lowest BCUT2D eigenvalue weighted by Crippen LogP contribution is -2.28. The van der Waals surface area contributed by atoms with E-state index in [2.05, 4.69) is 28.1 Å². The van der Waals surface area contributed by atoms with Crippen LogP contribution in [-0.4, -0.2) is 5.11 Å². The van der Waals surface area contributed by atoms with E-state index in [1.54, 1.807) is 11.3 Å². The highest BCUT2D eigenvalue weighted by Crippen LogP contribution is 2.47. The van der Waals surface area contributed by atoms with Crippen LogP contribution in [0.25, 0.3) is 10.1 Å². The zero-order valence-electron chi connectivity index (χ0n) is 12.8. The fraction of sp³-hybridized carbons (Fsp3) is 0.0476. The molecule has 3 heteroatoms. The summed E-state index contributed by atoms with van der Waals surface area (Å²) in [6.07, 6.45) is 0. The fourth-order valence-corrected chi connectivity index (χ4v) is 5.27. The van der Waals surface area contributed by atoms with Crippen LogP contribution in [-0.2, 0) is 5.60 Å². The first-order valence-electron chi connectivity index (χ1n) is 7.72. The topological polar surface area (TPSA) is 20.2 Å². The van der Waals surface area contributed by atoms with Gasteiger partial charge in [0.15, 0.2) is 5.60 Å². The molecule has 1 nitrogen and oxygen atoms in total. The molecule has 0 aliphatic heterocycles. The quantitative estimate of drug-likeness (QED) is 0.455. The highest BCUT2D eigenvalue weighted by molar-refractivity contribution is 9.10. The average Bonchev–Trinajstić information content (AvgIpc) is 3.00. The molecule has 1 heterocycles. The van der Waals surface area contributed by atoms with Gasteiger partial charge >= 0.3 is 0 Å². The molecule has 0 aliphatic carbocycles. The van der Waals surface area contributed by atoms with Gasteiger partial charge in [0.1, 0.15) is 0 Å². The molecule has 0 spiro atoms. The van der Waals surface area contributed by atoms with Crippen LogP contribution < -0.4 is 0 Å². The molecular formula is C21H15BrOS. The van der Waals surface area contributed by atoms with E-state index in [9.17, 15) is 5.11 Å². The van der Waals surface area contributed by atoms with Gasteiger partial charge in [-0.25, -0.2) is 0 Å². The minimum Gasteiger partial charge on any atom is -0.375 e. The molecule has 0 atom stereocenters. The second-order valence-electron chi connectivity index (χ2n) is 5.68. The van der Waals surface area contributed by atoms with Crippen molar-refractivity contribution < 1.29 is 5.11 Å². The lowest BCUT2D eigenvalue weighted by atomic mass is 9.85. The Kier molecular flexibility index (Phi) is 4.01. The van der Waals surface area contributed by atoms with Crippen molar-refractivity contribution in [2.45, 2.75) is 5.60 Å². The molecule has 0 saturated carbocycles. The predicted octanol–water partition coefficient (Wildman–Crippen LogP) is 5.95. The van der Waals surface area contributed by atoms with Crippen molar-refractivity contribution in [1.29, 1.82) is 0 Å². The molecule has 0 saturated heterocycles. The van der Waals surface area contributed by atoms with Crippen molar-refractivity contribution in [1.82, 2.24) is 0 Å². The normalized spacial score (nSPS) is 11.8. The molecule has 0 bridgehead atoms. The van der Waals surface area contributed by atoms with Gasteiger partial charge in [-0.15, -0.1) is 11.3 Å². The van der Waals surface area contributed by atoms with Crippen LogP contribution >= 0.6 is 27.3 Å². The summed E-state index contributed by atoms with van der Waals surface area (Å²) in [5.41, 5.74) is 0.539. The van der Waals surface area contributed by atoms with Gasteiger partial charge in [0, 0.05) is 14.6 Å². The Morgan fingerprint density at radius 3 is 1.75 bits per heavy atom. The van der Waals surface area contributed by atoms with Gasteiger partial charge in [-0.3, -0.25) is 0 Å². The first kappa shape index (κ1) is 15.6. The van der Waals surface area contributed by atoms with E-state index < -0.39 is 5.60 Å². The maximum absolute atomic E-state index is 11.9. The van der Waals surface area contributed by atoms with Crippen LogP contribution in [0.15, 0.2) is 89.4 Å². The van der Waals surface area contributed by atoms with Crippen LogP contribution in [0.1, 0.15) is 16.0 Å². The molecule has 1 aromatic heterocycles. The van der Waals surface area contributed by atoms with Crippen molar-refractivity contribution in [3.8, 4) is 0 Å². The minimum absolute atomic E-state index is 0.864. The summed E-state index contributed by atoms with van der Waals surface area (Å²) in [6.45, 7) is 0. The van der Waals surface area contributed by atoms with Crippen molar-refractivity contribution in [2.75, 3.05) is 0 Å². The zero-order chi connectivity index (χ0) is 16.6. The highest BCUT2D eigenvalue weighted by atomic mass is 79.9. The highest BCUT2D eigenvalue weighted by Gasteiger charge is 2.37. The summed E-state index contributed by atoms with van der Waals surface area (Å²) < 4.78 is 2.11. The molecule has 1 N–H and O–H groups in total. The third kappa shape index (κ3) is 2.40. The Hall–Kier alpha value is -1.94. The van der Waals surface area contributed by atoms with Crippen molar-refractivity contribution >= 4 is 37.4 Å². The molecular weight excluding hydrogens is 380 g/mol. The number of thiophene rings is 1. The van der Waals surface area contributed by atoms with Crippen LogP contribution in [0.3, 0.4) is 0 Å². The zero-order valence-corrected chi connectivity index (χ0v) is 15.2. The summed E-state index contributed by atoms with van der Waals surface area (Å²) in [5.74, 6) is 0. The SMILES string of the molecule is OC(c1ccccc1)(c1ccccc1)c1sc2ccccc2c1Br. The predicted molar refractivity (Wildman–Crippen MR) is 105 cm³/mol. The van der Waals surface area contributed by atoms with Gasteiger partial charge in [-0.1, -0.05) is 78.9 Å². The Bertz CT molecular complexity index is 937. The smallest absolute Gasteiger partial charge is 0.150 e. The van der Waals surface area contributed by atoms with E-state index >= 15 is 0 Å². The lowest BCUT2D eigenvalue weighted by Gasteiger charge is -2.29. The molecule has 3 aromatic carbocycles. The third-order valence-corrected chi connectivity index (χ3v) is 6.61. The second kappa shape index (κ2) is 6.17. The number of rotatable bonds is 3. The van der Waals surface area contributed by atoms with E-state index in [-0.39, 0.29) is 0 Å². The monoisotopic (exact) mass is 394 g/mol. The number of halogens is 1. The number of aliphatic hydroxyl groups is 1. The fourth-order valence-electron chi connectivity index (χ4n) is 3.03. The second-order valence-corrected chi connectivity index (χ2v) is 7.53. The molecule has 0 unspecified atom stereocenters. The molecule has 118 valence electrons. The van der Waals surface area contributed by atoms with Crippen molar-refractivity contribution in [3.05, 3.63) is 105 Å². The first-order chi connectivity index (χ1) is 11.7. The molecule has 0 fully saturated rings.